The van der Waals surface area contributed by atoms with E-state index < -0.39 is 10.9 Å². The van der Waals surface area contributed by atoms with Crippen molar-refractivity contribution in [1.29, 1.82) is 0 Å². The predicted octanol–water partition coefficient (Wildman–Crippen LogP) is 0.626. The summed E-state index contributed by atoms with van der Waals surface area (Å²) in [6.45, 7) is 5.69. The Bertz CT molecular complexity index is 572. The Labute approximate surface area is 111 Å². The first kappa shape index (κ1) is 13.7. The molecule has 1 aromatic carbocycles. The third-order valence-corrected chi connectivity index (χ3v) is 2.74. The van der Waals surface area contributed by atoms with E-state index in [0.29, 0.717) is 16.8 Å². The minimum atomic E-state index is -0.451. The molecule has 0 bridgehead atoms. The van der Waals surface area contributed by atoms with E-state index in [0.717, 1.165) is 0 Å². The second-order valence-electron chi connectivity index (χ2n) is 3.64. The number of hydrogen-bond donors (Lipinski definition) is 0. The van der Waals surface area contributed by atoms with Crippen molar-refractivity contribution in [3.8, 4) is 0 Å². The van der Waals surface area contributed by atoms with E-state index in [1.54, 1.807) is 37.2 Å². The molecule has 1 aromatic rings. The van der Waals surface area contributed by atoms with Crippen molar-refractivity contribution in [1.82, 2.24) is 0 Å². The third kappa shape index (κ3) is 3.07. The Hall–Kier alpha value is -1.34. The van der Waals surface area contributed by atoms with Gasteiger partial charge in [0.15, 0.2) is 0 Å². The molecule has 17 heavy (non-hydrogen) atoms. The maximum absolute atomic E-state index is 11.3. The van der Waals surface area contributed by atoms with Crippen LogP contribution in [0.5, 0.6) is 0 Å². The van der Waals surface area contributed by atoms with E-state index in [9.17, 15) is 9.59 Å². The predicted molar refractivity (Wildman–Crippen MR) is 67.7 cm³/mol. The van der Waals surface area contributed by atoms with Crippen LogP contribution in [0.1, 0.15) is 5.56 Å². The number of nitrogens with zero attached hydrogens (tertiary/aromatic N) is 1. The van der Waals surface area contributed by atoms with Crippen molar-refractivity contribution < 1.29 is 19.4 Å². The molecular formula is C13H12NO2W-. The van der Waals surface area contributed by atoms with Crippen molar-refractivity contribution >= 4 is 16.2 Å². The molecule has 1 rings (SSSR count). The van der Waals surface area contributed by atoms with Gasteiger partial charge in [0.2, 0.25) is 0 Å². The van der Waals surface area contributed by atoms with Gasteiger partial charge in [-0.2, -0.15) is 0 Å². The Morgan fingerprint density at radius 2 is 1.88 bits per heavy atom. The van der Waals surface area contributed by atoms with Crippen LogP contribution in [-0.4, -0.2) is 18.5 Å². The van der Waals surface area contributed by atoms with Crippen LogP contribution in [0.2, 0.25) is 0 Å². The third-order valence-electron chi connectivity index (χ3n) is 2.18. The summed E-state index contributed by atoms with van der Waals surface area (Å²) in [5.74, 6) is 0. The second-order valence-corrected chi connectivity index (χ2v) is 4.62. The van der Waals surface area contributed by atoms with Crippen LogP contribution in [-0.2, 0) is 19.4 Å². The average molecular weight is 398 g/mol. The van der Waals surface area contributed by atoms with Gasteiger partial charge in [-0.15, -0.1) is 0 Å². The van der Waals surface area contributed by atoms with Crippen LogP contribution in [0, 0.1) is 6.58 Å². The van der Waals surface area contributed by atoms with Crippen molar-refractivity contribution in [2.45, 2.75) is 0 Å². The molecule has 0 saturated carbocycles. The van der Waals surface area contributed by atoms with Crippen molar-refractivity contribution in [3.05, 3.63) is 56.4 Å². The summed E-state index contributed by atoms with van der Waals surface area (Å²) in [6, 6.07) is 0. The summed E-state index contributed by atoms with van der Waals surface area (Å²) in [4.78, 5) is 24.3. The molecule has 0 heterocycles. The fraction of sp³-hybridized carbons (Fsp3) is 0.154. The Morgan fingerprint density at radius 3 is 2.41 bits per heavy atom. The topological polar surface area (TPSA) is 37.4 Å². The summed E-state index contributed by atoms with van der Waals surface area (Å²) in [7, 11) is 3.46. The average Bonchev–Trinajstić information content (AvgIpc) is 2.29. The maximum atomic E-state index is 11.3. The molecule has 88 valence electrons. The normalized spacial score (nSPS) is 11.4. The van der Waals surface area contributed by atoms with Gasteiger partial charge in [-0.1, -0.05) is 0 Å². The summed E-state index contributed by atoms with van der Waals surface area (Å²) in [5.41, 5.74) is 0.514. The molecule has 0 aliphatic heterocycles. The fourth-order valence-electron chi connectivity index (χ4n) is 1.38. The molecule has 0 aliphatic rings. The van der Waals surface area contributed by atoms with Gasteiger partial charge in [0.05, 0.1) is 0 Å². The standard InChI is InChI=1S/C13H12NO2.W/c1-5-6-9(2)7-8-10-11(14(3)4)13(16)12(10)15;/h1-2,5-8H,3-4H3;/q-1;/b6-5-,8-7?;. The van der Waals surface area contributed by atoms with Crippen molar-refractivity contribution in [3.63, 3.8) is 0 Å². The molecule has 3 nitrogen and oxygen atoms in total. The summed E-state index contributed by atoms with van der Waals surface area (Å²) < 4.78 is 1.93. The first-order chi connectivity index (χ1) is 7.99. The molecule has 0 fully saturated rings. The zero-order valence-electron chi connectivity index (χ0n) is 9.64. The van der Waals surface area contributed by atoms with E-state index in [1.165, 1.54) is 19.4 Å². The molecule has 0 spiro atoms. The zero-order chi connectivity index (χ0) is 13.0. The Kier molecular flexibility index (Phi) is 4.71. The molecule has 0 saturated heterocycles. The van der Waals surface area contributed by atoms with Gasteiger partial charge in [-0.3, -0.25) is 0 Å². The number of anilines is 1. The molecular weight excluding hydrogens is 386 g/mol. The molecule has 0 amide bonds. The Balaban J connectivity index is 2.94. The van der Waals surface area contributed by atoms with Gasteiger partial charge in [0, 0.05) is 0 Å². The van der Waals surface area contributed by atoms with Crippen LogP contribution in [0.3, 0.4) is 0 Å². The molecule has 0 aliphatic carbocycles. The first-order valence-corrected chi connectivity index (χ1v) is 6.61. The first-order valence-electron chi connectivity index (χ1n) is 4.92. The number of hydrogen-bond acceptors (Lipinski definition) is 3. The zero-order valence-corrected chi connectivity index (χ0v) is 12.6. The van der Waals surface area contributed by atoms with E-state index in [1.807, 2.05) is 10.5 Å². The van der Waals surface area contributed by atoms with Crippen LogP contribution in [0.15, 0.2) is 33.4 Å². The molecule has 0 radical (unpaired) electrons. The van der Waals surface area contributed by atoms with Gasteiger partial charge in [0.25, 0.3) is 0 Å². The summed E-state index contributed by atoms with van der Waals surface area (Å²) >= 11 is 1.34. The number of rotatable bonds is 5. The van der Waals surface area contributed by atoms with E-state index in [4.69, 9.17) is 6.58 Å². The van der Waals surface area contributed by atoms with E-state index >= 15 is 0 Å². The van der Waals surface area contributed by atoms with Gasteiger partial charge >= 0.3 is 111 Å². The quantitative estimate of drug-likeness (QED) is 0.415. The minimum absolute atomic E-state index is 0.419. The second kappa shape index (κ2) is 5.83. The van der Waals surface area contributed by atoms with Gasteiger partial charge < -0.3 is 0 Å². The molecule has 0 aromatic heterocycles. The molecule has 0 atom stereocenters. The van der Waals surface area contributed by atoms with E-state index in [2.05, 4.69) is 0 Å². The van der Waals surface area contributed by atoms with Crippen molar-refractivity contribution in [2.75, 3.05) is 19.0 Å². The van der Waals surface area contributed by atoms with Gasteiger partial charge in [-0.05, 0) is 0 Å². The molecule has 4 heteroatoms. The van der Waals surface area contributed by atoms with Gasteiger partial charge in [0.1, 0.15) is 0 Å². The van der Waals surface area contributed by atoms with Gasteiger partial charge in [-0.25, -0.2) is 0 Å². The fourth-order valence-corrected chi connectivity index (χ4v) is 1.66. The van der Waals surface area contributed by atoms with Crippen LogP contribution >= 0.6 is 0 Å². The molecule has 0 unspecified atom stereocenters. The summed E-state index contributed by atoms with van der Waals surface area (Å²) in [5, 5.41) is 0. The van der Waals surface area contributed by atoms with Crippen LogP contribution < -0.4 is 15.8 Å². The number of allylic oxidation sites excluding steroid dienone is 4. The van der Waals surface area contributed by atoms with Crippen LogP contribution in [0.4, 0.5) is 5.69 Å². The van der Waals surface area contributed by atoms with Crippen molar-refractivity contribution in [2.24, 2.45) is 0 Å². The summed E-state index contributed by atoms with van der Waals surface area (Å²) in [6.07, 6.45) is 6.79. The SMILES string of the molecule is [CH-]=C(C=Cc1c(N(C)C)c(=O)c1=O)/C=C\[CH]=[W]. The van der Waals surface area contributed by atoms with Crippen LogP contribution in [0.25, 0.3) is 6.08 Å². The Morgan fingerprint density at radius 1 is 1.24 bits per heavy atom. The molecule has 0 N–H and O–H groups in total. The monoisotopic (exact) mass is 398 g/mol. The van der Waals surface area contributed by atoms with E-state index in [-0.39, 0.29) is 0 Å².